The standard InChI is InChI=1S/C24H20ClN3O3/c1-14-6-9-20-18(10-14)23(17-4-2-3-5-19(17)27-20)24(30)31-13-22(29)28-21-11-16(25)8-7-15(21)12-26/h2-5,7-8,11,14H,6,9-10,13H2,1H3,(H,28,29)/t14-/m0/s1. The summed E-state index contributed by atoms with van der Waals surface area (Å²) in [4.78, 5) is 30.2. The lowest BCUT2D eigenvalue weighted by molar-refractivity contribution is -0.119. The van der Waals surface area contributed by atoms with Gasteiger partial charge in [0, 0.05) is 16.1 Å². The van der Waals surface area contributed by atoms with Crippen molar-refractivity contribution in [1.82, 2.24) is 4.98 Å². The van der Waals surface area contributed by atoms with E-state index in [-0.39, 0.29) is 11.3 Å². The van der Waals surface area contributed by atoms with Crippen molar-refractivity contribution in [2.75, 3.05) is 11.9 Å². The molecule has 0 bridgehead atoms. The molecule has 1 amide bonds. The van der Waals surface area contributed by atoms with Gasteiger partial charge in [0.2, 0.25) is 0 Å². The average Bonchev–Trinajstić information content (AvgIpc) is 2.76. The molecular formula is C24H20ClN3O3. The predicted octanol–water partition coefficient (Wildman–Crippen LogP) is 4.68. The van der Waals surface area contributed by atoms with Gasteiger partial charge < -0.3 is 10.1 Å². The molecule has 0 radical (unpaired) electrons. The van der Waals surface area contributed by atoms with Crippen LogP contribution in [-0.4, -0.2) is 23.5 Å². The number of halogens is 1. The summed E-state index contributed by atoms with van der Waals surface area (Å²) in [5.41, 5.74) is 3.60. The number of fused-ring (bicyclic) bond motifs is 2. The Bertz CT molecular complexity index is 1230. The van der Waals surface area contributed by atoms with Crippen LogP contribution in [0.4, 0.5) is 5.69 Å². The van der Waals surface area contributed by atoms with Crippen LogP contribution in [0, 0.1) is 17.2 Å². The minimum absolute atomic E-state index is 0.271. The number of aryl methyl sites for hydroxylation is 1. The lowest BCUT2D eigenvalue weighted by atomic mass is 9.84. The van der Waals surface area contributed by atoms with Gasteiger partial charge in [-0.15, -0.1) is 0 Å². The number of carbonyl (C=O) groups excluding carboxylic acids is 2. The van der Waals surface area contributed by atoms with Gasteiger partial charge in [0.15, 0.2) is 6.61 Å². The first-order valence-electron chi connectivity index (χ1n) is 10.0. The van der Waals surface area contributed by atoms with E-state index in [1.54, 1.807) is 6.07 Å². The number of pyridine rings is 1. The minimum atomic E-state index is -0.550. The van der Waals surface area contributed by atoms with Crippen molar-refractivity contribution in [2.24, 2.45) is 5.92 Å². The monoisotopic (exact) mass is 433 g/mol. The Morgan fingerprint density at radius 2 is 2.10 bits per heavy atom. The third-order valence-corrected chi connectivity index (χ3v) is 5.66. The van der Waals surface area contributed by atoms with Crippen LogP contribution in [-0.2, 0) is 22.4 Å². The number of hydrogen-bond acceptors (Lipinski definition) is 5. The number of hydrogen-bond donors (Lipinski definition) is 1. The minimum Gasteiger partial charge on any atom is -0.452 e. The van der Waals surface area contributed by atoms with Crippen LogP contribution in [0.25, 0.3) is 10.9 Å². The molecule has 1 heterocycles. The lowest BCUT2D eigenvalue weighted by Crippen LogP contribution is -2.24. The highest BCUT2D eigenvalue weighted by Crippen LogP contribution is 2.32. The van der Waals surface area contributed by atoms with Gasteiger partial charge in [-0.1, -0.05) is 36.7 Å². The normalized spacial score (nSPS) is 15.1. The third-order valence-electron chi connectivity index (χ3n) is 5.42. The summed E-state index contributed by atoms with van der Waals surface area (Å²) in [6.07, 6.45) is 2.59. The molecule has 31 heavy (non-hydrogen) atoms. The molecule has 0 fully saturated rings. The second-order valence-corrected chi connectivity index (χ2v) is 8.14. The summed E-state index contributed by atoms with van der Waals surface area (Å²) in [5.74, 6) is -0.657. The van der Waals surface area contributed by atoms with E-state index in [1.165, 1.54) is 12.1 Å². The third kappa shape index (κ3) is 4.37. The van der Waals surface area contributed by atoms with E-state index in [1.807, 2.05) is 30.3 Å². The Kier molecular flexibility index (Phi) is 5.88. The van der Waals surface area contributed by atoms with Gasteiger partial charge in [0.05, 0.1) is 22.3 Å². The number of benzene rings is 2. The maximum absolute atomic E-state index is 13.1. The van der Waals surface area contributed by atoms with Crippen LogP contribution < -0.4 is 5.32 Å². The van der Waals surface area contributed by atoms with Gasteiger partial charge in [0.1, 0.15) is 6.07 Å². The summed E-state index contributed by atoms with van der Waals surface area (Å²) in [5, 5.41) is 12.9. The molecular weight excluding hydrogens is 414 g/mol. The first kappa shape index (κ1) is 20.8. The topological polar surface area (TPSA) is 92.1 Å². The van der Waals surface area contributed by atoms with Crippen molar-refractivity contribution >= 4 is 40.1 Å². The van der Waals surface area contributed by atoms with Crippen LogP contribution in [0.1, 0.15) is 40.5 Å². The van der Waals surface area contributed by atoms with Gasteiger partial charge in [-0.3, -0.25) is 9.78 Å². The summed E-state index contributed by atoms with van der Waals surface area (Å²) in [6.45, 7) is 1.68. The number of anilines is 1. The first-order chi connectivity index (χ1) is 15.0. The van der Waals surface area contributed by atoms with Crippen molar-refractivity contribution < 1.29 is 14.3 Å². The molecule has 1 aromatic heterocycles. The molecule has 0 aliphatic heterocycles. The molecule has 1 aliphatic carbocycles. The highest BCUT2D eigenvalue weighted by atomic mass is 35.5. The van der Waals surface area contributed by atoms with E-state index in [0.717, 1.165) is 41.4 Å². The maximum atomic E-state index is 13.1. The Morgan fingerprint density at radius 1 is 1.29 bits per heavy atom. The van der Waals surface area contributed by atoms with E-state index in [9.17, 15) is 14.9 Å². The van der Waals surface area contributed by atoms with Gasteiger partial charge in [-0.2, -0.15) is 5.26 Å². The summed E-state index contributed by atoms with van der Waals surface area (Å²) >= 11 is 5.95. The number of nitrogens with one attached hydrogen (secondary N) is 1. The summed E-state index contributed by atoms with van der Waals surface area (Å²) in [7, 11) is 0. The molecule has 0 unspecified atom stereocenters. The van der Waals surface area contributed by atoms with Crippen molar-refractivity contribution in [1.29, 1.82) is 5.26 Å². The second kappa shape index (κ2) is 8.75. The fourth-order valence-corrected chi connectivity index (χ4v) is 4.07. The van der Waals surface area contributed by atoms with Crippen LogP contribution in [0.2, 0.25) is 5.02 Å². The largest absolute Gasteiger partial charge is 0.452 e. The molecule has 7 heteroatoms. The number of esters is 1. The van der Waals surface area contributed by atoms with E-state index in [0.29, 0.717) is 16.5 Å². The average molecular weight is 434 g/mol. The van der Waals surface area contributed by atoms with Crippen LogP contribution >= 0.6 is 11.6 Å². The summed E-state index contributed by atoms with van der Waals surface area (Å²) in [6, 6.07) is 14.0. The van der Waals surface area contributed by atoms with Crippen molar-refractivity contribution in [3.05, 3.63) is 69.9 Å². The van der Waals surface area contributed by atoms with E-state index < -0.39 is 18.5 Å². The van der Waals surface area contributed by atoms with Crippen LogP contribution in [0.3, 0.4) is 0 Å². The Morgan fingerprint density at radius 3 is 2.90 bits per heavy atom. The van der Waals surface area contributed by atoms with Gasteiger partial charge in [0.25, 0.3) is 5.91 Å². The molecule has 3 aromatic rings. The number of rotatable bonds is 4. The zero-order valence-electron chi connectivity index (χ0n) is 16.9. The Hall–Kier alpha value is -3.43. The first-order valence-corrected chi connectivity index (χ1v) is 10.4. The molecule has 1 N–H and O–H groups in total. The molecule has 0 saturated carbocycles. The smallest absolute Gasteiger partial charge is 0.339 e. The number of amides is 1. The quantitative estimate of drug-likeness (QED) is 0.603. The Labute approximate surface area is 184 Å². The van der Waals surface area contributed by atoms with E-state index in [4.69, 9.17) is 21.3 Å². The second-order valence-electron chi connectivity index (χ2n) is 7.70. The number of aromatic nitrogens is 1. The van der Waals surface area contributed by atoms with Crippen molar-refractivity contribution in [3.63, 3.8) is 0 Å². The molecule has 6 nitrogen and oxygen atoms in total. The predicted molar refractivity (Wildman–Crippen MR) is 118 cm³/mol. The van der Waals surface area contributed by atoms with Crippen LogP contribution in [0.15, 0.2) is 42.5 Å². The fraction of sp³-hybridized carbons (Fsp3) is 0.250. The number of para-hydroxylation sites is 1. The Balaban J connectivity index is 1.57. The number of ether oxygens (including phenoxy) is 1. The number of nitriles is 1. The molecule has 0 saturated heterocycles. The van der Waals surface area contributed by atoms with E-state index >= 15 is 0 Å². The van der Waals surface area contributed by atoms with Gasteiger partial charge in [-0.05, 0) is 55.0 Å². The van der Waals surface area contributed by atoms with Gasteiger partial charge >= 0.3 is 5.97 Å². The molecule has 4 rings (SSSR count). The van der Waals surface area contributed by atoms with Crippen molar-refractivity contribution in [2.45, 2.75) is 26.2 Å². The van der Waals surface area contributed by atoms with Crippen LogP contribution in [0.5, 0.6) is 0 Å². The highest BCUT2D eigenvalue weighted by molar-refractivity contribution is 6.31. The lowest BCUT2D eigenvalue weighted by Gasteiger charge is -2.24. The highest BCUT2D eigenvalue weighted by Gasteiger charge is 2.26. The zero-order valence-corrected chi connectivity index (χ0v) is 17.7. The molecule has 156 valence electrons. The molecule has 1 atom stereocenters. The van der Waals surface area contributed by atoms with Gasteiger partial charge in [-0.25, -0.2) is 4.79 Å². The molecule has 1 aliphatic rings. The maximum Gasteiger partial charge on any atom is 0.339 e. The SMILES string of the molecule is C[C@H]1CCc2nc3ccccc3c(C(=O)OCC(=O)Nc3cc(Cl)ccc3C#N)c2C1. The molecule has 2 aromatic carbocycles. The summed E-state index contributed by atoms with van der Waals surface area (Å²) < 4.78 is 5.38. The van der Waals surface area contributed by atoms with E-state index in [2.05, 4.69) is 12.2 Å². The zero-order chi connectivity index (χ0) is 22.0. The fourth-order valence-electron chi connectivity index (χ4n) is 3.90. The number of carbonyl (C=O) groups is 2. The molecule has 0 spiro atoms. The number of nitrogens with zero attached hydrogens (tertiary/aromatic N) is 2. The van der Waals surface area contributed by atoms with Crippen molar-refractivity contribution in [3.8, 4) is 6.07 Å².